The van der Waals surface area contributed by atoms with E-state index in [1.54, 1.807) is 29.2 Å². The van der Waals surface area contributed by atoms with Crippen molar-refractivity contribution in [1.29, 1.82) is 0 Å². The van der Waals surface area contributed by atoms with E-state index in [4.69, 9.17) is 4.74 Å². The summed E-state index contributed by atoms with van der Waals surface area (Å²) in [5, 5.41) is 0. The average molecular weight is 409 g/mol. The molecule has 0 aromatic heterocycles. The minimum absolute atomic E-state index is 0.0862. The van der Waals surface area contributed by atoms with Crippen LogP contribution in [-0.4, -0.2) is 55.8 Å². The van der Waals surface area contributed by atoms with E-state index in [2.05, 4.69) is 0 Å². The predicted molar refractivity (Wildman–Crippen MR) is 112 cm³/mol. The monoisotopic (exact) mass is 408 g/mol. The molecule has 7 heteroatoms. The Hall–Kier alpha value is -1.86. The van der Waals surface area contributed by atoms with Crippen molar-refractivity contribution >= 4 is 22.0 Å². The Morgan fingerprint density at radius 2 is 1.71 bits per heavy atom. The van der Waals surface area contributed by atoms with Gasteiger partial charge in [-0.2, -0.15) is 4.31 Å². The molecule has 0 N–H and O–H groups in total. The summed E-state index contributed by atoms with van der Waals surface area (Å²) in [5.74, 6) is 0.223. The molecular weight excluding hydrogens is 376 g/mol. The van der Waals surface area contributed by atoms with E-state index in [1.807, 2.05) is 27.7 Å². The molecule has 6 nitrogen and oxygen atoms in total. The molecule has 0 saturated carbocycles. The molecule has 1 aliphatic heterocycles. The van der Waals surface area contributed by atoms with Crippen LogP contribution in [-0.2, 0) is 14.8 Å². The quantitative estimate of drug-likeness (QED) is 0.648. The zero-order chi connectivity index (χ0) is 20.9. The van der Waals surface area contributed by atoms with Crippen molar-refractivity contribution in [3.05, 3.63) is 29.8 Å². The molecule has 2 rings (SSSR count). The van der Waals surface area contributed by atoms with Crippen LogP contribution in [0.25, 0.3) is 6.08 Å². The van der Waals surface area contributed by atoms with Gasteiger partial charge in [0.2, 0.25) is 15.9 Å². The van der Waals surface area contributed by atoms with Gasteiger partial charge in [0.25, 0.3) is 0 Å². The molecule has 0 unspecified atom stereocenters. The van der Waals surface area contributed by atoms with E-state index < -0.39 is 10.0 Å². The first-order chi connectivity index (χ1) is 13.2. The van der Waals surface area contributed by atoms with Crippen molar-refractivity contribution in [2.24, 2.45) is 0 Å². The average Bonchev–Trinajstić information content (AvgIpc) is 2.66. The van der Waals surface area contributed by atoms with Gasteiger partial charge in [0, 0.05) is 31.2 Å². The van der Waals surface area contributed by atoms with E-state index >= 15 is 0 Å². The van der Waals surface area contributed by atoms with Crippen molar-refractivity contribution < 1.29 is 17.9 Å². The van der Waals surface area contributed by atoms with E-state index in [-0.39, 0.29) is 22.9 Å². The number of carbonyl (C=O) groups is 1. The second-order valence-corrected chi connectivity index (χ2v) is 9.55. The van der Waals surface area contributed by atoms with Crippen LogP contribution in [0.1, 0.15) is 52.5 Å². The first-order valence-corrected chi connectivity index (χ1v) is 11.3. The number of nitrogens with zero attached hydrogens (tertiary/aromatic N) is 2. The molecule has 1 fully saturated rings. The first-order valence-electron chi connectivity index (χ1n) is 9.87. The second kappa shape index (κ2) is 9.56. The summed E-state index contributed by atoms with van der Waals surface area (Å²) in [6.07, 6.45) is 5.95. The van der Waals surface area contributed by atoms with Crippen LogP contribution in [0.15, 0.2) is 29.2 Å². The third kappa shape index (κ3) is 5.14. The van der Waals surface area contributed by atoms with Crippen molar-refractivity contribution in [2.45, 2.75) is 63.9 Å². The van der Waals surface area contributed by atoms with E-state index in [0.717, 1.165) is 19.3 Å². The molecule has 1 aromatic carbocycles. The van der Waals surface area contributed by atoms with Gasteiger partial charge in [-0.3, -0.25) is 4.79 Å². The molecule has 1 aliphatic rings. The molecule has 156 valence electrons. The Balaban J connectivity index is 2.33. The Morgan fingerprint density at radius 1 is 1.11 bits per heavy atom. The lowest BCUT2D eigenvalue weighted by molar-refractivity contribution is -0.129. The zero-order valence-corrected chi connectivity index (χ0v) is 18.3. The number of hydrogen-bond donors (Lipinski definition) is 0. The molecule has 1 saturated heterocycles. The maximum absolute atomic E-state index is 13.1. The van der Waals surface area contributed by atoms with Crippen LogP contribution in [0, 0.1) is 0 Å². The predicted octanol–water partition coefficient (Wildman–Crippen LogP) is 3.53. The highest BCUT2D eigenvalue weighted by Gasteiger charge is 2.29. The Labute approximate surface area is 169 Å². The van der Waals surface area contributed by atoms with Crippen LogP contribution in [0.2, 0.25) is 0 Å². The molecule has 0 aliphatic carbocycles. The smallest absolute Gasteiger partial charge is 0.247 e. The van der Waals surface area contributed by atoms with E-state index in [1.165, 1.54) is 17.5 Å². The normalized spacial score (nSPS) is 16.1. The van der Waals surface area contributed by atoms with Crippen molar-refractivity contribution in [2.75, 3.05) is 20.2 Å². The molecular formula is C21H32N2O4S. The molecule has 1 heterocycles. The third-order valence-corrected chi connectivity index (χ3v) is 6.83. The minimum atomic E-state index is -3.63. The van der Waals surface area contributed by atoms with Gasteiger partial charge >= 0.3 is 0 Å². The second-order valence-electron chi connectivity index (χ2n) is 7.64. The van der Waals surface area contributed by atoms with Gasteiger partial charge in [-0.25, -0.2) is 8.42 Å². The molecule has 1 amide bonds. The fraction of sp³-hybridized carbons (Fsp3) is 0.571. The van der Waals surface area contributed by atoms with Crippen LogP contribution in [0.5, 0.6) is 5.75 Å². The third-order valence-electron chi connectivity index (χ3n) is 4.91. The van der Waals surface area contributed by atoms with Gasteiger partial charge in [-0.1, -0.05) is 12.5 Å². The number of rotatable bonds is 7. The summed E-state index contributed by atoms with van der Waals surface area (Å²) in [6, 6.07) is 5.16. The lowest BCUT2D eigenvalue weighted by Gasteiger charge is -2.29. The van der Waals surface area contributed by atoms with Gasteiger partial charge in [-0.05, 0) is 64.3 Å². The highest BCUT2D eigenvalue weighted by molar-refractivity contribution is 7.89. The number of benzene rings is 1. The number of amides is 1. The number of ether oxygens (including phenoxy) is 1. The number of hydrogen-bond acceptors (Lipinski definition) is 4. The van der Waals surface area contributed by atoms with Gasteiger partial charge < -0.3 is 9.64 Å². The highest BCUT2D eigenvalue weighted by atomic mass is 32.2. The van der Waals surface area contributed by atoms with Gasteiger partial charge in [0.1, 0.15) is 10.6 Å². The van der Waals surface area contributed by atoms with Gasteiger partial charge in [-0.15, -0.1) is 0 Å². The minimum Gasteiger partial charge on any atom is -0.495 e. The standard InChI is InChI=1S/C21H32N2O4S/c1-16(2)23(17(3)4)21(24)12-10-18-9-11-19(27-5)20(15-18)28(25,26)22-13-7-6-8-14-22/h9-12,15-17H,6-8,13-14H2,1-5H3/b12-10+. The maximum Gasteiger partial charge on any atom is 0.247 e. The summed E-state index contributed by atoms with van der Waals surface area (Å²) < 4.78 is 33.0. The summed E-state index contributed by atoms with van der Waals surface area (Å²) in [6.45, 7) is 8.96. The molecule has 0 atom stereocenters. The van der Waals surface area contributed by atoms with Crippen molar-refractivity contribution in [3.63, 3.8) is 0 Å². The van der Waals surface area contributed by atoms with Crippen molar-refractivity contribution in [1.82, 2.24) is 9.21 Å². The van der Waals surface area contributed by atoms with Gasteiger partial charge in [0.15, 0.2) is 0 Å². The van der Waals surface area contributed by atoms with Crippen molar-refractivity contribution in [3.8, 4) is 5.75 Å². The number of carbonyl (C=O) groups excluding carboxylic acids is 1. The Morgan fingerprint density at radius 3 is 2.25 bits per heavy atom. The zero-order valence-electron chi connectivity index (χ0n) is 17.5. The van der Waals surface area contributed by atoms with E-state index in [9.17, 15) is 13.2 Å². The van der Waals surface area contributed by atoms with Crippen LogP contribution in [0.4, 0.5) is 0 Å². The first kappa shape index (κ1) is 22.4. The highest BCUT2D eigenvalue weighted by Crippen LogP contribution is 2.30. The fourth-order valence-corrected chi connectivity index (χ4v) is 5.31. The topological polar surface area (TPSA) is 66.9 Å². The number of piperidine rings is 1. The molecule has 1 aromatic rings. The molecule has 28 heavy (non-hydrogen) atoms. The Bertz CT molecular complexity index is 802. The SMILES string of the molecule is COc1ccc(/C=C/C(=O)N(C(C)C)C(C)C)cc1S(=O)(=O)N1CCCCC1. The lowest BCUT2D eigenvalue weighted by Crippen LogP contribution is -2.41. The fourth-order valence-electron chi connectivity index (χ4n) is 3.60. The van der Waals surface area contributed by atoms with Crippen LogP contribution >= 0.6 is 0 Å². The largest absolute Gasteiger partial charge is 0.495 e. The molecule has 0 bridgehead atoms. The van der Waals surface area contributed by atoms with Crippen LogP contribution < -0.4 is 4.74 Å². The van der Waals surface area contributed by atoms with Crippen LogP contribution in [0.3, 0.4) is 0 Å². The summed E-state index contributed by atoms with van der Waals surface area (Å²) in [5.41, 5.74) is 0.650. The van der Waals surface area contributed by atoms with Gasteiger partial charge in [0.05, 0.1) is 7.11 Å². The van der Waals surface area contributed by atoms with E-state index in [0.29, 0.717) is 24.4 Å². The summed E-state index contributed by atoms with van der Waals surface area (Å²) in [7, 11) is -2.16. The molecule has 0 spiro atoms. The maximum atomic E-state index is 13.1. The molecule has 0 radical (unpaired) electrons. The summed E-state index contributed by atoms with van der Waals surface area (Å²) >= 11 is 0. The summed E-state index contributed by atoms with van der Waals surface area (Å²) in [4.78, 5) is 14.5. The number of sulfonamides is 1. The Kier molecular flexibility index (Phi) is 7.66. The number of methoxy groups -OCH3 is 1. The lowest BCUT2D eigenvalue weighted by atomic mass is 10.1.